The van der Waals surface area contributed by atoms with E-state index in [0.717, 1.165) is 0 Å². The summed E-state index contributed by atoms with van der Waals surface area (Å²) in [6.45, 7) is 1.00. The van der Waals surface area contributed by atoms with Crippen molar-refractivity contribution in [3.63, 3.8) is 0 Å². The van der Waals surface area contributed by atoms with Crippen molar-refractivity contribution >= 4 is 16.9 Å². The molecule has 0 saturated carbocycles. The minimum Gasteiger partial charge on any atom is -0.545 e. The summed E-state index contributed by atoms with van der Waals surface area (Å²) in [6.07, 6.45) is 1.27. The second-order valence-electron chi connectivity index (χ2n) is 3.70. The molecule has 5 nitrogen and oxygen atoms in total. The molecule has 0 radical (unpaired) electrons. The molecule has 0 spiro atoms. The van der Waals surface area contributed by atoms with Crippen LogP contribution in [0.3, 0.4) is 0 Å². The zero-order valence-electron chi connectivity index (χ0n) is 9.80. The molecule has 0 bridgehead atoms. The van der Waals surface area contributed by atoms with Crippen LogP contribution >= 0.6 is 0 Å². The third kappa shape index (κ3) is 2.15. The molecular weight excluding hydrogens is 229 g/mol. The predicted molar refractivity (Wildman–Crippen MR) is 57.1 cm³/mol. The van der Waals surface area contributed by atoms with Gasteiger partial charge in [-0.25, -0.2) is 0 Å². The number of fused-ring (bicyclic) bond motifs is 2. The van der Waals surface area contributed by atoms with Crippen molar-refractivity contribution in [1.82, 2.24) is 4.98 Å². The normalized spacial score (nSPS) is 12.9. The molecule has 3 rings (SSSR count). The molecule has 0 aliphatic carbocycles. The Balaban J connectivity index is 0.00000120. The summed E-state index contributed by atoms with van der Waals surface area (Å²) in [5.41, 5.74) is 0.716. The number of aromatic carboxylic acids is 1. The molecule has 0 fully saturated rings. The van der Waals surface area contributed by atoms with E-state index in [4.69, 9.17) is 9.47 Å². The van der Waals surface area contributed by atoms with Gasteiger partial charge in [-0.1, -0.05) is 0 Å². The number of carbonyl (C=O) groups is 1. The van der Waals surface area contributed by atoms with Crippen LogP contribution in [-0.2, 0) is 0 Å². The summed E-state index contributed by atoms with van der Waals surface area (Å²) in [6, 6.07) is 4.97. The summed E-state index contributed by atoms with van der Waals surface area (Å²) in [5, 5.41) is 11.4. The largest absolute Gasteiger partial charge is 1.00 e. The number of aromatic nitrogens is 1. The van der Waals surface area contributed by atoms with Crippen molar-refractivity contribution in [3.8, 4) is 11.5 Å². The van der Waals surface area contributed by atoms with Gasteiger partial charge in [0.1, 0.15) is 13.2 Å². The number of nitrogens with zero attached hydrogens (tertiary/aromatic N) is 1. The number of benzene rings is 1. The Kier molecular flexibility index (Phi) is 3.46. The molecule has 1 aliphatic heterocycles. The van der Waals surface area contributed by atoms with Crippen LogP contribution in [0.1, 0.15) is 10.4 Å². The molecule has 1 aliphatic rings. The Labute approximate surface area is 115 Å². The molecule has 6 heteroatoms. The van der Waals surface area contributed by atoms with Crippen LogP contribution in [0.25, 0.3) is 10.9 Å². The Bertz CT molecular complexity index is 614. The average molecular weight is 237 g/mol. The van der Waals surface area contributed by atoms with Crippen molar-refractivity contribution in [2.45, 2.75) is 0 Å². The van der Waals surface area contributed by atoms with Crippen LogP contribution in [0.4, 0.5) is 0 Å². The van der Waals surface area contributed by atoms with Crippen LogP contribution < -0.4 is 33.4 Å². The van der Waals surface area contributed by atoms with Gasteiger partial charge in [0, 0.05) is 23.2 Å². The van der Waals surface area contributed by atoms with E-state index in [2.05, 4.69) is 4.98 Å². The molecular formula is C12H8LiNO4. The summed E-state index contributed by atoms with van der Waals surface area (Å²) < 4.78 is 10.8. The molecule has 86 valence electrons. The zero-order chi connectivity index (χ0) is 11.8. The number of ether oxygens (including phenoxy) is 2. The first-order chi connectivity index (χ1) is 8.24. The van der Waals surface area contributed by atoms with Gasteiger partial charge in [-0.3, -0.25) is 4.98 Å². The van der Waals surface area contributed by atoms with Crippen molar-refractivity contribution in [2.75, 3.05) is 13.2 Å². The zero-order valence-corrected chi connectivity index (χ0v) is 9.80. The molecule has 1 aromatic carbocycles. The minimum atomic E-state index is -1.24. The van der Waals surface area contributed by atoms with E-state index in [1.54, 1.807) is 12.1 Å². The summed E-state index contributed by atoms with van der Waals surface area (Å²) >= 11 is 0. The first-order valence-corrected chi connectivity index (χ1v) is 5.15. The van der Waals surface area contributed by atoms with Crippen molar-refractivity contribution in [2.24, 2.45) is 0 Å². The molecule has 2 aromatic rings. The second kappa shape index (κ2) is 4.89. The topological polar surface area (TPSA) is 71.5 Å². The Morgan fingerprint density at radius 2 is 1.83 bits per heavy atom. The molecule has 18 heavy (non-hydrogen) atoms. The molecule has 2 heterocycles. The van der Waals surface area contributed by atoms with Gasteiger partial charge in [0.15, 0.2) is 11.5 Å². The van der Waals surface area contributed by atoms with Crippen LogP contribution in [-0.4, -0.2) is 24.2 Å². The Morgan fingerprint density at radius 1 is 1.17 bits per heavy atom. The number of carbonyl (C=O) groups excluding carboxylic acids is 1. The van der Waals surface area contributed by atoms with Gasteiger partial charge in [0.05, 0.1) is 11.5 Å². The number of pyridine rings is 1. The Hall–Kier alpha value is -1.70. The first kappa shape index (κ1) is 12.7. The molecule has 0 atom stereocenters. The second-order valence-corrected chi connectivity index (χ2v) is 3.70. The van der Waals surface area contributed by atoms with Gasteiger partial charge in [-0.05, 0) is 12.1 Å². The van der Waals surface area contributed by atoms with Crippen LogP contribution in [0.5, 0.6) is 11.5 Å². The summed E-state index contributed by atoms with van der Waals surface area (Å²) in [5.74, 6) is 0.00721. The summed E-state index contributed by atoms with van der Waals surface area (Å²) in [7, 11) is 0. The first-order valence-electron chi connectivity index (χ1n) is 5.15. The van der Waals surface area contributed by atoms with Gasteiger partial charge in [-0.2, -0.15) is 0 Å². The minimum absolute atomic E-state index is 0. The SMILES string of the molecule is O=C([O-])c1cnc2cc3c(cc2c1)OCCO3.[Li+]. The molecule has 0 N–H and O–H groups in total. The van der Waals surface area contributed by atoms with Crippen molar-refractivity contribution < 1.29 is 38.2 Å². The van der Waals surface area contributed by atoms with E-state index in [-0.39, 0.29) is 24.4 Å². The van der Waals surface area contributed by atoms with Crippen molar-refractivity contribution in [3.05, 3.63) is 30.0 Å². The fourth-order valence-electron chi connectivity index (χ4n) is 1.78. The van der Waals surface area contributed by atoms with Crippen LogP contribution in [0.15, 0.2) is 24.4 Å². The van der Waals surface area contributed by atoms with Gasteiger partial charge in [0.2, 0.25) is 0 Å². The number of hydrogen-bond donors (Lipinski definition) is 0. The smallest absolute Gasteiger partial charge is 0.545 e. The fourth-order valence-corrected chi connectivity index (χ4v) is 1.78. The number of carboxylic acid groups (broad SMARTS) is 1. The Morgan fingerprint density at radius 3 is 2.50 bits per heavy atom. The van der Waals surface area contributed by atoms with Crippen LogP contribution in [0.2, 0.25) is 0 Å². The standard InChI is InChI=1S/C12H9NO4.Li/c14-12(15)8-3-7-4-10-11(17-2-1-16-10)5-9(7)13-6-8;/h3-6H,1-2H2,(H,14,15);/q;+1/p-1. The molecule has 0 unspecified atom stereocenters. The third-order valence-corrected chi connectivity index (χ3v) is 2.58. The summed E-state index contributed by atoms with van der Waals surface area (Å²) in [4.78, 5) is 14.8. The maximum Gasteiger partial charge on any atom is 1.00 e. The van der Waals surface area contributed by atoms with E-state index >= 15 is 0 Å². The predicted octanol–water partition coefficient (Wildman–Crippen LogP) is -2.63. The number of carboxylic acids is 1. The van der Waals surface area contributed by atoms with E-state index in [1.165, 1.54) is 12.3 Å². The van der Waals surface area contributed by atoms with Gasteiger partial charge in [-0.15, -0.1) is 0 Å². The van der Waals surface area contributed by atoms with Crippen molar-refractivity contribution in [1.29, 1.82) is 0 Å². The monoisotopic (exact) mass is 237 g/mol. The van der Waals surface area contributed by atoms with E-state index < -0.39 is 5.97 Å². The molecule has 0 saturated heterocycles. The van der Waals surface area contributed by atoms with Gasteiger partial charge in [0.25, 0.3) is 0 Å². The quantitative estimate of drug-likeness (QED) is 0.507. The van der Waals surface area contributed by atoms with E-state index in [1.807, 2.05) is 0 Å². The van der Waals surface area contributed by atoms with Gasteiger partial charge >= 0.3 is 18.9 Å². The van der Waals surface area contributed by atoms with Crippen LogP contribution in [0, 0.1) is 0 Å². The molecule has 0 amide bonds. The third-order valence-electron chi connectivity index (χ3n) is 2.58. The maximum atomic E-state index is 10.7. The molecule has 1 aromatic heterocycles. The van der Waals surface area contributed by atoms with Gasteiger partial charge < -0.3 is 19.4 Å². The fraction of sp³-hybridized carbons (Fsp3) is 0.167. The number of hydrogen-bond acceptors (Lipinski definition) is 5. The number of rotatable bonds is 1. The maximum absolute atomic E-state index is 10.7. The van der Waals surface area contributed by atoms with E-state index in [9.17, 15) is 9.90 Å². The average Bonchev–Trinajstić information content (AvgIpc) is 2.35. The van der Waals surface area contributed by atoms with E-state index in [0.29, 0.717) is 35.6 Å².